The summed E-state index contributed by atoms with van der Waals surface area (Å²) in [6.45, 7) is 3.58. The molecule has 0 aromatic heterocycles. The van der Waals surface area contributed by atoms with Crippen LogP contribution in [-0.4, -0.2) is 81.7 Å². The van der Waals surface area contributed by atoms with Gasteiger partial charge in [0.1, 0.15) is 18.1 Å². The molecule has 0 radical (unpaired) electrons. The van der Waals surface area contributed by atoms with E-state index in [1.54, 1.807) is 13.8 Å². The summed E-state index contributed by atoms with van der Waals surface area (Å²) < 4.78 is 0. The fraction of sp³-hybridized carbons (Fsp3) is 0.714. The van der Waals surface area contributed by atoms with Gasteiger partial charge >= 0.3 is 17.9 Å². The van der Waals surface area contributed by atoms with Gasteiger partial charge in [0.15, 0.2) is 0 Å². The van der Waals surface area contributed by atoms with Gasteiger partial charge < -0.3 is 42.7 Å². The van der Waals surface area contributed by atoms with E-state index in [1.165, 1.54) is 0 Å². The number of aliphatic carboxylic acids is 3. The van der Waals surface area contributed by atoms with Gasteiger partial charge in [-0.1, -0.05) is 20.3 Å². The first-order valence-electron chi connectivity index (χ1n) is 11.3. The van der Waals surface area contributed by atoms with Gasteiger partial charge in [0.2, 0.25) is 17.7 Å². The van der Waals surface area contributed by atoms with Gasteiger partial charge in [-0.05, 0) is 38.1 Å². The molecule has 4 unspecified atom stereocenters. The van der Waals surface area contributed by atoms with Crippen LogP contribution < -0.4 is 27.4 Å². The van der Waals surface area contributed by atoms with Crippen molar-refractivity contribution < 1.29 is 44.1 Å². The lowest BCUT2D eigenvalue weighted by Crippen LogP contribution is -2.58. The number of nitrogens with one attached hydrogen (secondary N) is 3. The van der Waals surface area contributed by atoms with Crippen molar-refractivity contribution in [2.24, 2.45) is 17.4 Å². The Kier molecular flexibility index (Phi) is 14.9. The minimum absolute atomic E-state index is 0.273. The maximum atomic E-state index is 12.9. The second-order valence-corrected chi connectivity index (χ2v) is 8.45. The number of hydrogen-bond acceptors (Lipinski definition) is 8. The SMILES string of the molecule is CC(C)C(NC(=O)C(CCC(=O)O)NC(=O)C(N)CCCCN)C(=O)NC(CCC(=O)O)C(=O)O. The molecule has 0 aromatic carbocycles. The zero-order valence-corrected chi connectivity index (χ0v) is 20.0. The second kappa shape index (κ2) is 16.4. The topological polar surface area (TPSA) is 251 Å². The highest BCUT2D eigenvalue weighted by atomic mass is 16.4. The summed E-state index contributed by atoms with van der Waals surface area (Å²) in [5.74, 6) is -6.79. The Morgan fingerprint density at radius 3 is 1.69 bits per heavy atom. The zero-order chi connectivity index (χ0) is 27.1. The maximum absolute atomic E-state index is 12.9. The van der Waals surface area contributed by atoms with Gasteiger partial charge in [0.25, 0.3) is 0 Å². The Morgan fingerprint density at radius 1 is 0.714 bits per heavy atom. The number of rotatable bonds is 18. The molecule has 0 spiro atoms. The summed E-state index contributed by atoms with van der Waals surface area (Å²) in [5.41, 5.74) is 11.2. The van der Waals surface area contributed by atoms with Gasteiger partial charge in [-0.2, -0.15) is 0 Å². The third-order valence-corrected chi connectivity index (χ3v) is 5.09. The van der Waals surface area contributed by atoms with Crippen molar-refractivity contribution >= 4 is 35.6 Å². The predicted octanol–water partition coefficient (Wildman–Crippen LogP) is -1.63. The Balaban J connectivity index is 5.42. The average Bonchev–Trinajstić information content (AvgIpc) is 2.76. The Labute approximate surface area is 203 Å². The minimum atomic E-state index is -1.49. The predicted molar refractivity (Wildman–Crippen MR) is 123 cm³/mol. The molecule has 0 rings (SSSR count). The molecule has 14 nitrogen and oxygen atoms in total. The maximum Gasteiger partial charge on any atom is 0.326 e. The smallest absolute Gasteiger partial charge is 0.326 e. The number of hydrogen-bond donors (Lipinski definition) is 8. The molecule has 3 amide bonds. The van der Waals surface area contributed by atoms with Crippen molar-refractivity contribution in [3.8, 4) is 0 Å². The third kappa shape index (κ3) is 13.3. The van der Waals surface area contributed by atoms with E-state index in [0.717, 1.165) is 0 Å². The Morgan fingerprint density at radius 2 is 1.23 bits per heavy atom. The fourth-order valence-corrected chi connectivity index (χ4v) is 3.03. The average molecular weight is 504 g/mol. The van der Waals surface area contributed by atoms with Gasteiger partial charge in [0.05, 0.1) is 6.04 Å². The van der Waals surface area contributed by atoms with Crippen LogP contribution in [0.2, 0.25) is 0 Å². The molecule has 0 fully saturated rings. The number of carbonyl (C=O) groups is 6. The summed E-state index contributed by atoms with van der Waals surface area (Å²) in [4.78, 5) is 71.1. The van der Waals surface area contributed by atoms with Crippen LogP contribution in [-0.2, 0) is 28.8 Å². The molecule has 0 bridgehead atoms. The number of carbonyl (C=O) groups excluding carboxylic acids is 3. The molecule has 0 aromatic rings. The van der Waals surface area contributed by atoms with E-state index in [-0.39, 0.29) is 12.8 Å². The van der Waals surface area contributed by atoms with Crippen molar-refractivity contribution in [3.05, 3.63) is 0 Å². The van der Waals surface area contributed by atoms with Gasteiger partial charge in [-0.3, -0.25) is 24.0 Å². The number of amides is 3. The van der Waals surface area contributed by atoms with Crippen molar-refractivity contribution in [3.63, 3.8) is 0 Å². The normalized spacial score (nSPS) is 14.3. The molecular weight excluding hydrogens is 466 g/mol. The van der Waals surface area contributed by atoms with Crippen LogP contribution in [0.1, 0.15) is 58.8 Å². The zero-order valence-electron chi connectivity index (χ0n) is 20.0. The lowest BCUT2D eigenvalue weighted by Gasteiger charge is -2.27. The molecule has 200 valence electrons. The van der Waals surface area contributed by atoms with Crippen LogP contribution in [0.25, 0.3) is 0 Å². The Bertz CT molecular complexity index is 759. The van der Waals surface area contributed by atoms with Crippen molar-refractivity contribution in [1.29, 1.82) is 0 Å². The molecule has 0 saturated carbocycles. The van der Waals surface area contributed by atoms with E-state index in [4.69, 9.17) is 21.7 Å². The summed E-state index contributed by atoms with van der Waals surface area (Å²) in [7, 11) is 0. The first kappa shape index (κ1) is 31.7. The molecule has 0 saturated heterocycles. The van der Waals surface area contributed by atoms with Crippen LogP contribution in [0.4, 0.5) is 0 Å². The highest BCUT2D eigenvalue weighted by Crippen LogP contribution is 2.08. The molecule has 35 heavy (non-hydrogen) atoms. The van der Waals surface area contributed by atoms with E-state index in [1.807, 2.05) is 0 Å². The van der Waals surface area contributed by atoms with Crippen LogP contribution in [0, 0.1) is 5.92 Å². The number of carboxylic acids is 3. The van der Waals surface area contributed by atoms with Gasteiger partial charge in [0, 0.05) is 12.8 Å². The molecule has 14 heteroatoms. The fourth-order valence-electron chi connectivity index (χ4n) is 3.03. The highest BCUT2D eigenvalue weighted by molar-refractivity contribution is 5.94. The van der Waals surface area contributed by atoms with E-state index in [0.29, 0.717) is 25.8 Å². The summed E-state index contributed by atoms with van der Waals surface area (Å²) in [5, 5.41) is 34.0. The monoisotopic (exact) mass is 503 g/mol. The first-order valence-corrected chi connectivity index (χ1v) is 11.3. The molecular formula is C21H37N5O9. The van der Waals surface area contributed by atoms with E-state index in [2.05, 4.69) is 16.0 Å². The van der Waals surface area contributed by atoms with Crippen molar-refractivity contribution in [2.45, 2.75) is 83.0 Å². The first-order chi connectivity index (χ1) is 16.3. The largest absolute Gasteiger partial charge is 0.481 e. The molecule has 0 heterocycles. The van der Waals surface area contributed by atoms with Crippen molar-refractivity contribution in [1.82, 2.24) is 16.0 Å². The number of carboxylic acid groups (broad SMARTS) is 3. The molecule has 0 aliphatic heterocycles. The molecule has 0 aliphatic carbocycles. The lowest BCUT2D eigenvalue weighted by atomic mass is 10.0. The molecule has 0 aliphatic rings. The standard InChI is InChI=1S/C21H37N5O9/c1-11(2)17(20(33)25-14(21(34)35)7-9-16(29)30)26-19(32)13(6-8-15(27)28)24-18(31)12(23)5-3-4-10-22/h11-14,17H,3-10,22-23H2,1-2H3,(H,24,31)(H,25,33)(H,26,32)(H,27,28)(H,29,30)(H,34,35). The number of unbranched alkanes of at least 4 members (excludes halogenated alkanes) is 1. The highest BCUT2D eigenvalue weighted by Gasteiger charge is 2.32. The van der Waals surface area contributed by atoms with Crippen LogP contribution in [0.3, 0.4) is 0 Å². The number of nitrogens with two attached hydrogens (primary N) is 2. The third-order valence-electron chi connectivity index (χ3n) is 5.09. The van der Waals surface area contributed by atoms with Gasteiger partial charge in [-0.25, -0.2) is 4.79 Å². The summed E-state index contributed by atoms with van der Waals surface area (Å²) in [6.07, 6.45) is -0.0431. The van der Waals surface area contributed by atoms with Crippen LogP contribution in [0.15, 0.2) is 0 Å². The quantitative estimate of drug-likeness (QED) is 0.0985. The summed E-state index contributed by atoms with van der Waals surface area (Å²) >= 11 is 0. The van der Waals surface area contributed by atoms with E-state index in [9.17, 15) is 33.9 Å². The van der Waals surface area contributed by atoms with E-state index >= 15 is 0 Å². The van der Waals surface area contributed by atoms with Crippen LogP contribution >= 0.6 is 0 Å². The lowest BCUT2D eigenvalue weighted by molar-refractivity contribution is -0.143. The Hall–Kier alpha value is -3.26. The minimum Gasteiger partial charge on any atom is -0.481 e. The molecule has 10 N–H and O–H groups in total. The van der Waals surface area contributed by atoms with Gasteiger partial charge in [-0.15, -0.1) is 0 Å². The molecule has 4 atom stereocenters. The second-order valence-electron chi connectivity index (χ2n) is 8.45. The van der Waals surface area contributed by atoms with E-state index < -0.39 is 78.6 Å². The summed E-state index contributed by atoms with van der Waals surface area (Å²) in [6, 6.07) is -4.99. The van der Waals surface area contributed by atoms with Crippen molar-refractivity contribution in [2.75, 3.05) is 6.54 Å². The van der Waals surface area contributed by atoms with Crippen LogP contribution in [0.5, 0.6) is 0 Å².